The van der Waals surface area contributed by atoms with Gasteiger partial charge in [0.1, 0.15) is 23.1 Å². The number of fused-ring (bicyclic) bond motifs is 1. The number of hydrogen-bond acceptors (Lipinski definition) is 5. The largest absolute Gasteiger partial charge is 0.493 e. The number of hydrogen-bond donors (Lipinski definition) is 1. The van der Waals surface area contributed by atoms with E-state index < -0.39 is 59.0 Å². The van der Waals surface area contributed by atoms with Gasteiger partial charge in [-0.3, -0.25) is 24.5 Å². The molecule has 2 heterocycles. The minimum Gasteiger partial charge on any atom is -0.493 e. The fourth-order valence-corrected chi connectivity index (χ4v) is 4.25. The number of nitrogens with zero attached hydrogens (tertiary/aromatic N) is 1. The molecule has 184 valence electrons. The number of nitrogens with one attached hydrogen (secondary N) is 1. The predicted molar refractivity (Wildman–Crippen MR) is 117 cm³/mol. The van der Waals surface area contributed by atoms with Gasteiger partial charge in [-0.2, -0.15) is 8.78 Å². The lowest BCUT2D eigenvalue weighted by molar-refractivity contribution is -0.145. The molecule has 0 spiro atoms. The molecule has 4 rings (SSSR count). The molecule has 2 aromatic carbocycles. The molecule has 2 aliphatic heterocycles. The van der Waals surface area contributed by atoms with Crippen molar-refractivity contribution in [3.63, 3.8) is 0 Å². The fourth-order valence-electron chi connectivity index (χ4n) is 4.25. The predicted octanol–water partition coefficient (Wildman–Crippen LogP) is 3.28. The average molecular weight is 489 g/mol. The van der Waals surface area contributed by atoms with Gasteiger partial charge >= 0.3 is 5.92 Å². The molecule has 1 saturated heterocycles. The van der Waals surface area contributed by atoms with Crippen molar-refractivity contribution < 1.29 is 38.5 Å². The Morgan fingerprint density at radius 3 is 2.74 bits per heavy atom. The monoisotopic (exact) mass is 489 g/mol. The molecule has 1 N–H and O–H groups in total. The van der Waals surface area contributed by atoms with Crippen LogP contribution in [-0.2, 0) is 33.3 Å². The maximum Gasteiger partial charge on any atom is 0.336 e. The van der Waals surface area contributed by atoms with Crippen LogP contribution in [0.1, 0.15) is 54.6 Å². The summed E-state index contributed by atoms with van der Waals surface area (Å²) in [5, 5.41) is 2.08. The van der Waals surface area contributed by atoms with E-state index in [1.165, 1.54) is 24.3 Å². The van der Waals surface area contributed by atoms with Crippen molar-refractivity contribution in [2.75, 3.05) is 6.61 Å². The van der Waals surface area contributed by atoms with E-state index in [1.54, 1.807) is 13.0 Å². The van der Waals surface area contributed by atoms with Crippen molar-refractivity contribution in [2.24, 2.45) is 0 Å². The lowest BCUT2D eigenvalue weighted by Crippen LogP contribution is -2.52. The van der Waals surface area contributed by atoms with Crippen molar-refractivity contribution in [3.8, 4) is 5.75 Å². The molecule has 0 bridgehead atoms. The van der Waals surface area contributed by atoms with Crippen LogP contribution in [0.15, 0.2) is 36.4 Å². The molecule has 7 nitrogen and oxygen atoms in total. The molecule has 2 aliphatic rings. The highest BCUT2D eigenvalue weighted by Gasteiger charge is 2.45. The van der Waals surface area contributed by atoms with Gasteiger partial charge in [-0.25, -0.2) is 4.39 Å². The normalized spacial score (nSPS) is 20.4. The van der Waals surface area contributed by atoms with Crippen molar-refractivity contribution in [1.82, 2.24) is 10.2 Å². The standard InChI is InChI=1S/C25H23F3N2O5/c1-2-35-19-5-3-4-17(26)22(19)25(27,28)20(31)10-7-14-6-8-16-15(12-14)13-30(24(16)34)18-9-11-21(32)29-23(18)33/h3-6,8,12,18H,2,7,9-11,13H2,1H3,(H,29,32,33)/t18-/m0/s1/i18D. The van der Waals surface area contributed by atoms with E-state index in [2.05, 4.69) is 5.32 Å². The summed E-state index contributed by atoms with van der Waals surface area (Å²) in [7, 11) is 0. The second-order valence-electron chi connectivity index (χ2n) is 8.25. The first-order valence-electron chi connectivity index (χ1n) is 11.6. The van der Waals surface area contributed by atoms with Gasteiger partial charge in [-0.05, 0) is 49.1 Å². The highest BCUT2D eigenvalue weighted by molar-refractivity contribution is 6.05. The minimum atomic E-state index is -4.11. The van der Waals surface area contributed by atoms with E-state index in [4.69, 9.17) is 6.11 Å². The maximum atomic E-state index is 14.9. The molecule has 35 heavy (non-hydrogen) atoms. The molecule has 0 aromatic heterocycles. The number of imide groups is 1. The van der Waals surface area contributed by atoms with E-state index >= 15 is 0 Å². The second kappa shape index (κ2) is 9.52. The number of alkyl halides is 2. The molecule has 0 radical (unpaired) electrons. The number of carbonyl (C=O) groups excluding carboxylic acids is 4. The molecule has 3 amide bonds. The fraction of sp³-hybridized carbons (Fsp3) is 0.360. The quantitative estimate of drug-likeness (QED) is 0.575. The van der Waals surface area contributed by atoms with Gasteiger partial charge in [0.05, 0.1) is 7.98 Å². The zero-order valence-electron chi connectivity index (χ0n) is 19.8. The van der Waals surface area contributed by atoms with Crippen molar-refractivity contribution in [2.45, 2.75) is 51.1 Å². The third-order valence-electron chi connectivity index (χ3n) is 5.98. The number of ketones is 1. The Hall–Kier alpha value is -3.69. The number of carbonyl (C=O) groups is 4. The van der Waals surface area contributed by atoms with Gasteiger partial charge < -0.3 is 9.64 Å². The molecule has 1 atom stereocenters. The first-order valence-corrected chi connectivity index (χ1v) is 11.1. The Balaban J connectivity index is 1.49. The first-order chi connectivity index (χ1) is 17.0. The summed E-state index contributed by atoms with van der Waals surface area (Å²) in [5.74, 6) is -9.19. The number of halogens is 3. The highest BCUT2D eigenvalue weighted by atomic mass is 19.3. The smallest absolute Gasteiger partial charge is 0.336 e. The van der Waals surface area contributed by atoms with Crippen molar-refractivity contribution in [3.05, 3.63) is 64.5 Å². The zero-order valence-corrected chi connectivity index (χ0v) is 18.8. The summed E-state index contributed by atoms with van der Waals surface area (Å²) >= 11 is 0. The molecule has 0 aliphatic carbocycles. The van der Waals surface area contributed by atoms with Gasteiger partial charge in [0.25, 0.3) is 5.91 Å². The topological polar surface area (TPSA) is 92.8 Å². The lowest BCUT2D eigenvalue weighted by atomic mass is 9.96. The van der Waals surface area contributed by atoms with Gasteiger partial charge in [-0.15, -0.1) is 0 Å². The van der Waals surface area contributed by atoms with Gasteiger partial charge in [0.15, 0.2) is 0 Å². The summed E-state index contributed by atoms with van der Waals surface area (Å²) in [6, 6.07) is 5.80. The van der Waals surface area contributed by atoms with Crippen LogP contribution in [0.25, 0.3) is 0 Å². The van der Waals surface area contributed by atoms with Gasteiger partial charge in [-0.1, -0.05) is 18.2 Å². The van der Waals surface area contributed by atoms with Gasteiger partial charge in [0, 0.05) is 24.9 Å². The van der Waals surface area contributed by atoms with Crippen molar-refractivity contribution in [1.29, 1.82) is 0 Å². The van der Waals surface area contributed by atoms with E-state index in [9.17, 15) is 32.3 Å². The zero-order chi connectivity index (χ0) is 26.3. The third-order valence-corrected chi connectivity index (χ3v) is 5.98. The summed E-state index contributed by atoms with van der Waals surface area (Å²) in [4.78, 5) is 50.1. The maximum absolute atomic E-state index is 14.9. The second-order valence-corrected chi connectivity index (χ2v) is 8.25. The summed E-state index contributed by atoms with van der Waals surface area (Å²) in [6.45, 7) is 1.49. The number of piperidine rings is 1. The summed E-state index contributed by atoms with van der Waals surface area (Å²) in [6.07, 6.45) is -0.927. The number of ether oxygens (including phenoxy) is 1. The molecule has 0 saturated carbocycles. The first kappa shape index (κ1) is 23.1. The number of rotatable bonds is 8. The van der Waals surface area contributed by atoms with Crippen LogP contribution in [0, 0.1) is 5.82 Å². The van der Waals surface area contributed by atoms with E-state index in [0.29, 0.717) is 11.1 Å². The Morgan fingerprint density at radius 1 is 1.26 bits per heavy atom. The Bertz CT molecular complexity index is 1270. The third kappa shape index (κ3) is 4.65. The van der Waals surface area contributed by atoms with Crippen LogP contribution in [0.4, 0.5) is 13.2 Å². The van der Waals surface area contributed by atoms with Crippen LogP contribution in [-0.4, -0.2) is 41.0 Å². The molecule has 2 aromatic rings. The van der Waals surface area contributed by atoms with Crippen molar-refractivity contribution >= 4 is 23.5 Å². The molecule has 0 unspecified atom stereocenters. The molecular formula is C25H23F3N2O5. The van der Waals surface area contributed by atoms with E-state index in [1.807, 2.05) is 0 Å². The van der Waals surface area contributed by atoms with E-state index in [-0.39, 0.29) is 38.0 Å². The number of aryl methyl sites for hydroxylation is 1. The van der Waals surface area contributed by atoms with Crippen LogP contribution in [0.5, 0.6) is 5.75 Å². The van der Waals surface area contributed by atoms with Gasteiger partial charge in [0.2, 0.25) is 17.6 Å². The Labute approximate surface area is 200 Å². The minimum absolute atomic E-state index is 0.0170. The summed E-state index contributed by atoms with van der Waals surface area (Å²) in [5.41, 5.74) is 0.102. The van der Waals surface area contributed by atoms with E-state index in [0.717, 1.165) is 11.0 Å². The number of benzene rings is 2. The number of amides is 3. The average Bonchev–Trinajstić information content (AvgIpc) is 3.16. The van der Waals surface area contributed by atoms with Crippen LogP contribution in [0.2, 0.25) is 0 Å². The Kier molecular flexibility index (Phi) is 6.27. The number of Topliss-reactive ketones (excluding diaryl/α,β-unsaturated/α-hetero) is 1. The van der Waals surface area contributed by atoms with Crippen LogP contribution >= 0.6 is 0 Å². The molecular weight excluding hydrogens is 465 g/mol. The summed E-state index contributed by atoms with van der Waals surface area (Å²) < 4.78 is 57.7. The lowest BCUT2D eigenvalue weighted by Gasteiger charge is -2.29. The van der Waals surface area contributed by atoms with Crippen LogP contribution in [0.3, 0.4) is 0 Å². The molecule has 1 fully saturated rings. The SMILES string of the molecule is [2H][C@]1(N2Cc3cc(CCC(=O)C(F)(F)c4c(F)cccc4OCC)ccc3C2=O)CCC(=O)NC1=O. The molecule has 10 heteroatoms. The van der Waals surface area contributed by atoms with Crippen LogP contribution < -0.4 is 10.1 Å². The highest BCUT2D eigenvalue weighted by Crippen LogP contribution is 2.39. The Morgan fingerprint density at radius 2 is 2.03 bits per heavy atom.